The van der Waals surface area contributed by atoms with Crippen LogP contribution in [0, 0.1) is 12.9 Å². The Kier molecular flexibility index (Phi) is 10.5. The Morgan fingerprint density at radius 2 is 1.22 bits per heavy atom. The summed E-state index contributed by atoms with van der Waals surface area (Å²) in [6.07, 6.45) is 1.84. The van der Waals surface area contributed by atoms with Gasteiger partial charge in [0, 0.05) is 37.1 Å². The zero-order valence-electron chi connectivity index (χ0n) is 36.9. The number of aryl methyl sites for hydroxylation is 1. The van der Waals surface area contributed by atoms with Gasteiger partial charge in [-0.15, -0.1) is 23.8 Å². The Morgan fingerprint density at radius 1 is 0.583 bits per heavy atom. The Bertz CT molecular complexity index is 3070. The number of benzene rings is 7. The van der Waals surface area contributed by atoms with E-state index in [-0.39, 0.29) is 44.2 Å². The number of imidazole rings is 1. The van der Waals surface area contributed by atoms with Crippen LogP contribution in [0.3, 0.4) is 0 Å². The van der Waals surface area contributed by atoms with Crippen molar-refractivity contribution in [2.24, 2.45) is 0 Å². The first-order valence-electron chi connectivity index (χ1n) is 21.7. The summed E-state index contributed by atoms with van der Waals surface area (Å²) in [4.78, 5) is 10.3. The summed E-state index contributed by atoms with van der Waals surface area (Å²) in [6, 6.07) is 58.1. The first kappa shape index (κ1) is 36.7. The number of phenolic OH excluding ortho intramolecular Hbond substituents is 1. The molecule has 0 saturated heterocycles. The molecule has 60 heavy (non-hydrogen) atoms. The summed E-state index contributed by atoms with van der Waals surface area (Å²) in [7, 11) is 0. The number of hydrogen-bond donors (Lipinski definition) is 1. The molecule has 298 valence electrons. The predicted molar refractivity (Wildman–Crippen MR) is 245 cm³/mol. The van der Waals surface area contributed by atoms with Crippen LogP contribution in [-0.4, -0.2) is 19.6 Å². The van der Waals surface area contributed by atoms with Crippen molar-refractivity contribution in [2.45, 2.75) is 46.4 Å². The molecule has 5 heteroatoms. The summed E-state index contributed by atoms with van der Waals surface area (Å²) in [5, 5.41) is 12.2. The molecule has 0 radical (unpaired) electrons. The van der Waals surface area contributed by atoms with Gasteiger partial charge in [0.15, 0.2) is 0 Å². The maximum atomic E-state index is 12.2. The number of pyridine rings is 1. The molecule has 0 fully saturated rings. The predicted octanol–water partition coefficient (Wildman–Crippen LogP) is 14.5. The van der Waals surface area contributed by atoms with Crippen molar-refractivity contribution in [2.75, 3.05) is 0 Å². The molecule has 0 amide bonds. The van der Waals surface area contributed by atoms with Crippen LogP contribution in [-0.2, 0) is 21.1 Å². The van der Waals surface area contributed by atoms with Gasteiger partial charge in [-0.3, -0.25) is 9.55 Å². The van der Waals surface area contributed by atoms with Gasteiger partial charge in [-0.1, -0.05) is 166 Å². The molecular weight excluding hydrogens is 914 g/mol. The van der Waals surface area contributed by atoms with Gasteiger partial charge < -0.3 is 5.11 Å². The third-order valence-electron chi connectivity index (χ3n) is 11.1. The van der Waals surface area contributed by atoms with E-state index < -0.39 is 6.85 Å². The van der Waals surface area contributed by atoms with Crippen LogP contribution in [0.5, 0.6) is 5.75 Å². The van der Waals surface area contributed by atoms with Crippen molar-refractivity contribution in [1.82, 2.24) is 14.5 Å². The first-order valence-corrected chi connectivity index (χ1v) is 20.2. The SMILES string of the molecule is [2H]C([2H])([2H])c1cc(-c2ccccc2)ccc1-n1c(-c2cc(C(C)C)cc(C(C)C)c2O)nc2c(-c3[c-]c(-c4cc(-c5ccccc5)ccn4)cc(-c4ccccc4)c3)cccc21.[Pt]. The fourth-order valence-corrected chi connectivity index (χ4v) is 7.94. The van der Waals surface area contributed by atoms with E-state index in [2.05, 4.69) is 82.3 Å². The molecule has 0 spiro atoms. The molecule has 9 aromatic rings. The van der Waals surface area contributed by atoms with Gasteiger partial charge >= 0.3 is 0 Å². The average molecular weight is 963 g/mol. The standard InChI is InChI=1S/C55H46N3O.Pt/c1-35(2)43-32-48(36(3)4)54(59)49(33-43)55-57-53-47(22-15-23-52(53)58(55)51-25-24-41(28-37(51)5)38-16-9-6-10-17-38)45-29-44(40-20-13-8-14-21-40)30-46(31-45)50-34-42(26-27-56-50)39-18-11-7-12-19-39;/h6-30,32-36,59H,1-5H3;/q-1;/i5D3;. The monoisotopic (exact) mass is 962 g/mol. The summed E-state index contributed by atoms with van der Waals surface area (Å²) in [5.41, 5.74) is 13.5. The van der Waals surface area contributed by atoms with Crippen molar-refractivity contribution in [3.8, 4) is 78.6 Å². The molecule has 1 N–H and O–H groups in total. The van der Waals surface area contributed by atoms with Crippen LogP contribution in [0.1, 0.15) is 60.3 Å². The largest absolute Gasteiger partial charge is 0.507 e. The molecule has 7 aromatic carbocycles. The van der Waals surface area contributed by atoms with Gasteiger partial charge in [-0.05, 0) is 93.5 Å². The van der Waals surface area contributed by atoms with E-state index in [0.717, 1.165) is 66.9 Å². The normalized spacial score (nSPS) is 12.3. The topological polar surface area (TPSA) is 50.9 Å². The van der Waals surface area contributed by atoms with Crippen LogP contribution in [0.4, 0.5) is 0 Å². The van der Waals surface area contributed by atoms with E-state index in [1.165, 1.54) is 0 Å². The summed E-state index contributed by atoms with van der Waals surface area (Å²) in [5.74, 6) is 0.755. The maximum absolute atomic E-state index is 12.2. The van der Waals surface area contributed by atoms with Gasteiger partial charge in [0.2, 0.25) is 0 Å². The molecule has 0 aliphatic heterocycles. The van der Waals surface area contributed by atoms with E-state index in [9.17, 15) is 5.11 Å². The summed E-state index contributed by atoms with van der Waals surface area (Å²) >= 11 is 0. The number of fused-ring (bicyclic) bond motifs is 1. The minimum Gasteiger partial charge on any atom is -0.507 e. The smallest absolute Gasteiger partial charge is 0.148 e. The summed E-state index contributed by atoms with van der Waals surface area (Å²) < 4.78 is 28.6. The number of rotatable bonds is 9. The number of hydrogen-bond acceptors (Lipinski definition) is 3. The molecule has 4 nitrogen and oxygen atoms in total. The molecule has 9 rings (SSSR count). The van der Waals surface area contributed by atoms with Crippen molar-refractivity contribution in [3.05, 3.63) is 193 Å². The zero-order chi connectivity index (χ0) is 43.1. The fraction of sp³-hybridized carbons (Fsp3) is 0.127. The van der Waals surface area contributed by atoms with Crippen LogP contribution >= 0.6 is 0 Å². The zero-order valence-corrected chi connectivity index (χ0v) is 36.2. The first-order chi connectivity index (χ1) is 29.9. The Balaban J connectivity index is 0.00000544. The van der Waals surface area contributed by atoms with E-state index in [4.69, 9.17) is 14.1 Å². The minimum absolute atomic E-state index is 0. The number of aromatic hydroxyl groups is 1. The van der Waals surface area contributed by atoms with Gasteiger partial charge in [0.05, 0.1) is 22.3 Å². The Labute approximate surface area is 371 Å². The van der Waals surface area contributed by atoms with Crippen molar-refractivity contribution in [1.29, 1.82) is 0 Å². The average Bonchev–Trinajstić information content (AvgIpc) is 3.68. The number of para-hydroxylation sites is 1. The van der Waals surface area contributed by atoms with Crippen LogP contribution < -0.4 is 0 Å². The number of aromatic nitrogens is 3. The molecule has 0 aliphatic carbocycles. The number of nitrogens with zero attached hydrogens (tertiary/aromatic N) is 3. The minimum atomic E-state index is -2.48. The molecule has 0 bridgehead atoms. The van der Waals surface area contributed by atoms with E-state index >= 15 is 0 Å². The van der Waals surface area contributed by atoms with Crippen LogP contribution in [0.25, 0.3) is 83.9 Å². The fourth-order valence-electron chi connectivity index (χ4n) is 7.94. The molecule has 0 aliphatic rings. The van der Waals surface area contributed by atoms with E-state index in [0.29, 0.717) is 28.1 Å². The van der Waals surface area contributed by atoms with Crippen molar-refractivity contribution >= 4 is 11.0 Å². The van der Waals surface area contributed by atoms with E-state index in [1.807, 2.05) is 120 Å². The Hall–Kier alpha value is -6.35. The van der Waals surface area contributed by atoms with Crippen LogP contribution in [0.15, 0.2) is 170 Å². The van der Waals surface area contributed by atoms with Crippen molar-refractivity contribution in [3.63, 3.8) is 0 Å². The number of phenols is 1. The van der Waals surface area contributed by atoms with Crippen LogP contribution in [0.2, 0.25) is 0 Å². The quantitative estimate of drug-likeness (QED) is 0.147. The van der Waals surface area contributed by atoms with Crippen molar-refractivity contribution < 1.29 is 30.3 Å². The van der Waals surface area contributed by atoms with Gasteiger partial charge in [-0.2, -0.15) is 0 Å². The molecule has 2 heterocycles. The van der Waals surface area contributed by atoms with Gasteiger partial charge in [0.25, 0.3) is 0 Å². The molecule has 0 saturated carbocycles. The second-order valence-electron chi connectivity index (χ2n) is 15.7. The maximum Gasteiger partial charge on any atom is 0.148 e. The molecular formula is C55H46N3OPt-. The Morgan fingerprint density at radius 3 is 1.85 bits per heavy atom. The van der Waals surface area contributed by atoms with E-state index in [1.54, 1.807) is 6.07 Å². The van der Waals surface area contributed by atoms with Gasteiger partial charge in [-0.25, -0.2) is 4.98 Å². The third kappa shape index (κ3) is 7.76. The second kappa shape index (κ2) is 17.1. The summed E-state index contributed by atoms with van der Waals surface area (Å²) in [6.45, 7) is 5.92. The van der Waals surface area contributed by atoms with Gasteiger partial charge in [0.1, 0.15) is 11.6 Å². The molecule has 0 atom stereocenters. The molecule has 0 unspecified atom stereocenters. The third-order valence-corrected chi connectivity index (χ3v) is 11.1. The second-order valence-corrected chi connectivity index (χ2v) is 15.7. The molecule has 2 aromatic heterocycles.